The zero-order valence-electron chi connectivity index (χ0n) is 14.5. The van der Waals surface area contributed by atoms with E-state index < -0.39 is 0 Å². The Morgan fingerprint density at radius 2 is 1.91 bits per heavy atom. The molecule has 0 N–H and O–H groups in total. The van der Waals surface area contributed by atoms with E-state index in [4.69, 9.17) is 0 Å². The topological polar surface area (TPSA) is 34.9 Å². The molecule has 0 atom stereocenters. The van der Waals surface area contributed by atoms with Gasteiger partial charge in [0.1, 0.15) is 0 Å². The Bertz CT molecular complexity index is 647. The average Bonchev–Trinajstić information content (AvgIpc) is 2.79. The summed E-state index contributed by atoms with van der Waals surface area (Å²) >= 11 is 1.76. The molecule has 0 saturated heterocycles. The minimum absolute atomic E-state index is 0.226. The third-order valence-corrected chi connectivity index (χ3v) is 4.91. The summed E-state index contributed by atoms with van der Waals surface area (Å²) < 4.78 is 2.31. The molecule has 0 saturated carbocycles. The molecule has 2 rings (SSSR count). The van der Waals surface area contributed by atoms with Gasteiger partial charge in [0, 0.05) is 30.0 Å². The third kappa shape index (κ3) is 4.96. The number of carbonyl (C=O) groups is 1. The van der Waals surface area contributed by atoms with E-state index in [9.17, 15) is 4.79 Å². The average molecular weight is 330 g/mol. The molecule has 0 aliphatic carbocycles. The van der Waals surface area contributed by atoms with Crippen molar-refractivity contribution >= 4 is 17.5 Å². The van der Waals surface area contributed by atoms with E-state index in [1.165, 1.54) is 5.69 Å². The first-order valence-corrected chi connectivity index (χ1v) is 9.22. The van der Waals surface area contributed by atoms with Gasteiger partial charge in [-0.1, -0.05) is 55.9 Å². The van der Waals surface area contributed by atoms with Gasteiger partial charge in [-0.05, 0) is 26.2 Å². The van der Waals surface area contributed by atoms with Gasteiger partial charge in [0.2, 0.25) is 0 Å². The number of Topliss-reactive ketones (excluding diaryl/α,β-unsaturated/α-hetero) is 1. The number of hydrogen-bond donors (Lipinski definition) is 0. The minimum atomic E-state index is 0.226. The van der Waals surface area contributed by atoms with Crippen molar-refractivity contribution in [2.75, 3.05) is 5.75 Å². The molecule has 4 heteroatoms. The van der Waals surface area contributed by atoms with Crippen LogP contribution >= 0.6 is 11.8 Å². The lowest BCUT2D eigenvalue weighted by Crippen LogP contribution is -2.08. The number of aromatic nitrogens is 2. The second-order valence-corrected chi connectivity index (χ2v) is 7.37. The second kappa shape index (κ2) is 8.34. The fourth-order valence-electron chi connectivity index (χ4n) is 2.48. The van der Waals surface area contributed by atoms with E-state index in [-0.39, 0.29) is 5.78 Å². The van der Waals surface area contributed by atoms with Gasteiger partial charge in [0.05, 0.1) is 5.69 Å². The lowest BCUT2D eigenvalue weighted by Gasteiger charge is -2.12. The predicted molar refractivity (Wildman–Crippen MR) is 97.3 cm³/mol. The number of rotatable bonds is 8. The number of benzene rings is 1. The smallest absolute Gasteiger partial charge is 0.168 e. The number of hydrogen-bond acceptors (Lipinski definition) is 3. The monoisotopic (exact) mass is 330 g/mol. The Morgan fingerprint density at radius 1 is 1.22 bits per heavy atom. The third-order valence-electron chi connectivity index (χ3n) is 3.85. The maximum Gasteiger partial charge on any atom is 0.168 e. The van der Waals surface area contributed by atoms with Crippen molar-refractivity contribution < 1.29 is 4.79 Å². The largest absolute Gasteiger partial charge is 0.323 e. The molecule has 1 aromatic heterocycles. The van der Waals surface area contributed by atoms with E-state index in [2.05, 4.69) is 37.2 Å². The molecular formula is C19H26N2OS. The molecule has 0 aliphatic heterocycles. The molecular weight excluding hydrogens is 304 g/mol. The lowest BCUT2D eigenvalue weighted by atomic mass is 10.1. The number of carbonyl (C=O) groups excluding carboxylic acids is 1. The number of thioether (sulfide) groups is 1. The molecule has 0 radical (unpaired) electrons. The van der Waals surface area contributed by atoms with Crippen LogP contribution in [0.4, 0.5) is 0 Å². The Morgan fingerprint density at radius 3 is 2.57 bits per heavy atom. The predicted octanol–water partition coefficient (Wildman–Crippen LogP) is 4.91. The van der Waals surface area contributed by atoms with Crippen LogP contribution in [0.1, 0.15) is 48.4 Å². The molecule has 23 heavy (non-hydrogen) atoms. The summed E-state index contributed by atoms with van der Waals surface area (Å²) in [5, 5.41) is 1.08. The van der Waals surface area contributed by atoms with E-state index in [1.807, 2.05) is 30.3 Å². The highest BCUT2D eigenvalue weighted by molar-refractivity contribution is 7.99. The summed E-state index contributed by atoms with van der Waals surface area (Å²) in [6.45, 7) is 9.64. The zero-order chi connectivity index (χ0) is 16.8. The Kier molecular flexibility index (Phi) is 6.46. The number of imidazole rings is 1. The molecule has 0 fully saturated rings. The molecule has 0 aliphatic rings. The normalized spacial score (nSPS) is 11.2. The Hall–Kier alpha value is -1.55. The van der Waals surface area contributed by atoms with Crippen molar-refractivity contribution in [2.45, 2.75) is 52.2 Å². The van der Waals surface area contributed by atoms with Crippen molar-refractivity contribution in [1.29, 1.82) is 0 Å². The maximum atomic E-state index is 12.1. The van der Waals surface area contributed by atoms with Crippen LogP contribution in [0, 0.1) is 19.8 Å². The molecule has 1 heterocycles. The van der Waals surface area contributed by atoms with Gasteiger partial charge in [0.15, 0.2) is 10.9 Å². The van der Waals surface area contributed by atoms with E-state index in [1.54, 1.807) is 11.8 Å². The van der Waals surface area contributed by atoms with Gasteiger partial charge in [-0.3, -0.25) is 4.79 Å². The van der Waals surface area contributed by atoms with Crippen LogP contribution in [0.5, 0.6) is 0 Å². The highest BCUT2D eigenvalue weighted by Crippen LogP contribution is 2.23. The van der Waals surface area contributed by atoms with Crippen LogP contribution in [0.2, 0.25) is 0 Å². The summed E-state index contributed by atoms with van der Waals surface area (Å²) in [6.07, 6.45) is 1.48. The van der Waals surface area contributed by atoms with Crippen LogP contribution in [-0.2, 0) is 6.54 Å². The summed E-state index contributed by atoms with van der Waals surface area (Å²) in [6, 6.07) is 9.54. The number of ketones is 1. The van der Waals surface area contributed by atoms with Crippen LogP contribution in [0.25, 0.3) is 0 Å². The Balaban J connectivity index is 1.87. The fourth-order valence-corrected chi connectivity index (χ4v) is 3.52. The first-order chi connectivity index (χ1) is 11.0. The standard InChI is InChI=1S/C19H26N2OS/c1-14(2)13-21-16(4)15(3)20-19(21)23-12-8-11-18(22)17-9-6-5-7-10-17/h5-7,9-10,14H,8,11-13H2,1-4H3. The summed E-state index contributed by atoms with van der Waals surface area (Å²) in [7, 11) is 0. The Labute approximate surface area is 143 Å². The highest BCUT2D eigenvalue weighted by Gasteiger charge is 2.13. The quantitative estimate of drug-likeness (QED) is 0.392. The summed E-state index contributed by atoms with van der Waals surface area (Å²) in [4.78, 5) is 16.8. The van der Waals surface area contributed by atoms with Crippen LogP contribution in [0.3, 0.4) is 0 Å². The highest BCUT2D eigenvalue weighted by atomic mass is 32.2. The summed E-state index contributed by atoms with van der Waals surface area (Å²) in [5.41, 5.74) is 3.17. The molecule has 0 bridgehead atoms. The molecule has 0 amide bonds. The van der Waals surface area contributed by atoms with Crippen molar-refractivity contribution in [3.8, 4) is 0 Å². The van der Waals surface area contributed by atoms with Gasteiger partial charge in [-0.25, -0.2) is 4.98 Å². The van der Waals surface area contributed by atoms with Crippen molar-refractivity contribution in [3.05, 3.63) is 47.3 Å². The minimum Gasteiger partial charge on any atom is -0.323 e. The van der Waals surface area contributed by atoms with Gasteiger partial charge in [-0.2, -0.15) is 0 Å². The molecule has 124 valence electrons. The number of aryl methyl sites for hydroxylation is 1. The van der Waals surface area contributed by atoms with Crippen molar-refractivity contribution in [2.24, 2.45) is 5.92 Å². The molecule has 0 unspecified atom stereocenters. The van der Waals surface area contributed by atoms with Gasteiger partial charge < -0.3 is 4.57 Å². The van der Waals surface area contributed by atoms with Crippen LogP contribution in [0.15, 0.2) is 35.5 Å². The molecule has 3 nitrogen and oxygen atoms in total. The fraction of sp³-hybridized carbons (Fsp3) is 0.474. The SMILES string of the molecule is Cc1nc(SCCCC(=O)c2ccccc2)n(CC(C)C)c1C. The van der Waals surface area contributed by atoms with Crippen LogP contribution < -0.4 is 0 Å². The molecule has 1 aromatic carbocycles. The first kappa shape index (κ1) is 17.8. The van der Waals surface area contributed by atoms with Gasteiger partial charge >= 0.3 is 0 Å². The van der Waals surface area contributed by atoms with Gasteiger partial charge in [0.25, 0.3) is 0 Å². The van der Waals surface area contributed by atoms with Gasteiger partial charge in [-0.15, -0.1) is 0 Å². The number of nitrogens with zero attached hydrogens (tertiary/aromatic N) is 2. The van der Waals surface area contributed by atoms with E-state index in [0.29, 0.717) is 12.3 Å². The molecule has 0 spiro atoms. The van der Waals surface area contributed by atoms with Crippen LogP contribution in [-0.4, -0.2) is 21.1 Å². The second-order valence-electron chi connectivity index (χ2n) is 6.31. The van der Waals surface area contributed by atoms with Crippen molar-refractivity contribution in [3.63, 3.8) is 0 Å². The molecule has 2 aromatic rings. The summed E-state index contributed by atoms with van der Waals surface area (Å²) in [5.74, 6) is 1.75. The first-order valence-electron chi connectivity index (χ1n) is 8.23. The zero-order valence-corrected chi connectivity index (χ0v) is 15.3. The van der Waals surface area contributed by atoms with E-state index >= 15 is 0 Å². The van der Waals surface area contributed by atoms with Crippen molar-refractivity contribution in [1.82, 2.24) is 9.55 Å². The lowest BCUT2D eigenvalue weighted by molar-refractivity contribution is 0.0982. The maximum absolute atomic E-state index is 12.1. The van der Waals surface area contributed by atoms with E-state index in [0.717, 1.165) is 35.1 Å².